The highest BCUT2D eigenvalue weighted by Crippen LogP contribution is 2.25. The molecule has 122 valence electrons. The predicted molar refractivity (Wildman–Crippen MR) is 89.4 cm³/mol. The average Bonchev–Trinajstić information content (AvgIpc) is 2.51. The molecule has 2 aromatic rings. The van der Waals surface area contributed by atoms with Crippen molar-refractivity contribution in [2.45, 2.75) is 26.2 Å². The molecule has 0 aliphatic carbocycles. The average molecular weight is 315 g/mol. The Morgan fingerprint density at radius 1 is 1.13 bits per heavy atom. The van der Waals surface area contributed by atoms with Crippen LogP contribution < -0.4 is 10.1 Å². The first-order valence-corrected chi connectivity index (χ1v) is 7.63. The number of hydrogen-bond acceptors (Lipinski definition) is 2. The first-order chi connectivity index (χ1) is 10.9. The predicted octanol–water partition coefficient (Wildman–Crippen LogP) is 3.93. The van der Waals surface area contributed by atoms with E-state index in [1.165, 1.54) is 29.8 Å². The molecule has 23 heavy (non-hydrogen) atoms. The first-order valence-electron chi connectivity index (χ1n) is 7.63. The Balaban J connectivity index is 1.81. The molecule has 0 saturated carbocycles. The largest absolute Gasteiger partial charge is 0.492 e. The van der Waals surface area contributed by atoms with Gasteiger partial charge in [0.2, 0.25) is 0 Å². The van der Waals surface area contributed by atoms with Crippen LogP contribution in [-0.2, 0) is 5.41 Å². The normalized spacial score (nSPS) is 11.1. The van der Waals surface area contributed by atoms with E-state index in [1.807, 2.05) is 18.2 Å². The second kappa shape index (κ2) is 7.27. The topological polar surface area (TPSA) is 38.3 Å². The SMILES string of the molecule is CC(C)(C)c1cccc(OCCNC(=O)c2ccc(F)cc2)c1. The molecule has 0 aliphatic rings. The maximum absolute atomic E-state index is 12.8. The molecule has 4 heteroatoms. The highest BCUT2D eigenvalue weighted by Gasteiger charge is 2.13. The Kier molecular flexibility index (Phi) is 5.37. The van der Waals surface area contributed by atoms with Crippen molar-refractivity contribution >= 4 is 5.91 Å². The van der Waals surface area contributed by atoms with Gasteiger partial charge < -0.3 is 10.1 Å². The summed E-state index contributed by atoms with van der Waals surface area (Å²) < 4.78 is 18.5. The van der Waals surface area contributed by atoms with Crippen molar-refractivity contribution in [2.75, 3.05) is 13.2 Å². The number of carbonyl (C=O) groups excluding carboxylic acids is 1. The van der Waals surface area contributed by atoms with Crippen molar-refractivity contribution in [3.63, 3.8) is 0 Å². The Bertz CT molecular complexity index is 660. The zero-order valence-electron chi connectivity index (χ0n) is 13.7. The molecular formula is C19H22FNO2. The Hall–Kier alpha value is -2.36. The van der Waals surface area contributed by atoms with Gasteiger partial charge in [-0.3, -0.25) is 4.79 Å². The summed E-state index contributed by atoms with van der Waals surface area (Å²) in [4.78, 5) is 11.9. The van der Waals surface area contributed by atoms with E-state index in [4.69, 9.17) is 4.74 Å². The molecule has 2 aromatic carbocycles. The van der Waals surface area contributed by atoms with Crippen molar-refractivity contribution < 1.29 is 13.9 Å². The molecule has 0 heterocycles. The molecule has 0 aliphatic heterocycles. The molecule has 0 bridgehead atoms. The molecule has 0 spiro atoms. The lowest BCUT2D eigenvalue weighted by Crippen LogP contribution is -2.28. The third-order valence-corrected chi connectivity index (χ3v) is 3.46. The number of hydrogen-bond donors (Lipinski definition) is 1. The summed E-state index contributed by atoms with van der Waals surface area (Å²) >= 11 is 0. The number of benzene rings is 2. The van der Waals surface area contributed by atoms with Crippen molar-refractivity contribution in [3.05, 3.63) is 65.5 Å². The molecule has 3 nitrogen and oxygen atoms in total. The zero-order valence-corrected chi connectivity index (χ0v) is 13.7. The first kappa shape index (κ1) is 17.0. The van der Waals surface area contributed by atoms with Gasteiger partial charge in [-0.2, -0.15) is 0 Å². The van der Waals surface area contributed by atoms with Gasteiger partial charge in [0.05, 0.1) is 6.54 Å². The van der Waals surface area contributed by atoms with Crippen LogP contribution >= 0.6 is 0 Å². The van der Waals surface area contributed by atoms with Crippen LogP contribution in [0.1, 0.15) is 36.7 Å². The van der Waals surface area contributed by atoms with E-state index in [9.17, 15) is 9.18 Å². The maximum atomic E-state index is 12.8. The summed E-state index contributed by atoms with van der Waals surface area (Å²) in [6, 6.07) is 13.4. The highest BCUT2D eigenvalue weighted by atomic mass is 19.1. The summed E-state index contributed by atoms with van der Waals surface area (Å²) in [7, 11) is 0. The molecule has 0 saturated heterocycles. The van der Waals surface area contributed by atoms with Gasteiger partial charge in [0, 0.05) is 5.56 Å². The molecule has 1 amide bonds. The molecule has 0 radical (unpaired) electrons. The van der Waals surface area contributed by atoms with Gasteiger partial charge in [0.15, 0.2) is 0 Å². The van der Waals surface area contributed by atoms with Crippen molar-refractivity contribution in [3.8, 4) is 5.75 Å². The molecule has 0 fully saturated rings. The summed E-state index contributed by atoms with van der Waals surface area (Å²) in [5, 5.41) is 2.75. The van der Waals surface area contributed by atoms with Gasteiger partial charge in [-0.1, -0.05) is 32.9 Å². The second-order valence-corrected chi connectivity index (χ2v) is 6.39. The van der Waals surface area contributed by atoms with Crippen molar-refractivity contribution in [2.24, 2.45) is 0 Å². The standard InChI is InChI=1S/C19H22FNO2/c1-19(2,3)15-5-4-6-17(13-15)23-12-11-21-18(22)14-7-9-16(20)10-8-14/h4-10,13H,11-12H2,1-3H3,(H,21,22). The van der Waals surface area contributed by atoms with Crippen LogP contribution in [0.25, 0.3) is 0 Å². The number of carbonyl (C=O) groups is 1. The van der Waals surface area contributed by atoms with Gasteiger partial charge >= 0.3 is 0 Å². The van der Waals surface area contributed by atoms with Crippen LogP contribution in [0.2, 0.25) is 0 Å². The number of halogens is 1. The van der Waals surface area contributed by atoms with Crippen LogP contribution in [0.3, 0.4) is 0 Å². The summed E-state index contributed by atoms with van der Waals surface area (Å²) in [6.45, 7) is 7.20. The summed E-state index contributed by atoms with van der Waals surface area (Å²) in [6.07, 6.45) is 0. The van der Waals surface area contributed by atoms with E-state index in [1.54, 1.807) is 0 Å². The Labute approximate surface area is 136 Å². The van der Waals surface area contributed by atoms with Gasteiger partial charge in [0.25, 0.3) is 5.91 Å². The lowest BCUT2D eigenvalue weighted by Gasteiger charge is -2.19. The van der Waals surface area contributed by atoms with Crippen LogP contribution in [-0.4, -0.2) is 19.1 Å². The number of rotatable bonds is 5. The Morgan fingerprint density at radius 2 is 1.83 bits per heavy atom. The van der Waals surface area contributed by atoms with E-state index in [-0.39, 0.29) is 17.1 Å². The second-order valence-electron chi connectivity index (χ2n) is 6.39. The maximum Gasteiger partial charge on any atom is 0.251 e. The molecule has 2 rings (SSSR count). The quantitative estimate of drug-likeness (QED) is 0.849. The molecule has 0 atom stereocenters. The number of ether oxygens (including phenoxy) is 1. The van der Waals surface area contributed by atoms with Crippen LogP contribution in [0.15, 0.2) is 48.5 Å². The summed E-state index contributed by atoms with van der Waals surface area (Å²) in [5.41, 5.74) is 1.70. The lowest BCUT2D eigenvalue weighted by molar-refractivity contribution is 0.0947. The van der Waals surface area contributed by atoms with E-state index in [2.05, 4.69) is 32.2 Å². The minimum atomic E-state index is -0.358. The van der Waals surface area contributed by atoms with Crippen molar-refractivity contribution in [1.82, 2.24) is 5.32 Å². The van der Waals surface area contributed by atoms with E-state index >= 15 is 0 Å². The fraction of sp³-hybridized carbons (Fsp3) is 0.316. The molecule has 0 aromatic heterocycles. The smallest absolute Gasteiger partial charge is 0.251 e. The lowest BCUT2D eigenvalue weighted by atomic mass is 9.87. The van der Waals surface area contributed by atoms with Crippen LogP contribution in [0.4, 0.5) is 4.39 Å². The van der Waals surface area contributed by atoms with E-state index in [0.29, 0.717) is 18.7 Å². The fourth-order valence-electron chi connectivity index (χ4n) is 2.09. The van der Waals surface area contributed by atoms with E-state index < -0.39 is 0 Å². The third kappa shape index (κ3) is 5.09. The molecular weight excluding hydrogens is 293 g/mol. The highest BCUT2D eigenvalue weighted by molar-refractivity contribution is 5.94. The minimum absolute atomic E-state index is 0.0656. The van der Waals surface area contributed by atoms with Gasteiger partial charge in [-0.15, -0.1) is 0 Å². The summed E-state index contributed by atoms with van der Waals surface area (Å²) in [5.74, 6) is 0.189. The van der Waals surface area contributed by atoms with Crippen LogP contribution in [0.5, 0.6) is 5.75 Å². The monoisotopic (exact) mass is 315 g/mol. The fourth-order valence-corrected chi connectivity index (χ4v) is 2.09. The van der Waals surface area contributed by atoms with E-state index in [0.717, 1.165) is 5.75 Å². The minimum Gasteiger partial charge on any atom is -0.492 e. The van der Waals surface area contributed by atoms with Crippen molar-refractivity contribution in [1.29, 1.82) is 0 Å². The molecule has 0 unspecified atom stereocenters. The molecule has 1 N–H and O–H groups in total. The Morgan fingerprint density at radius 3 is 2.48 bits per heavy atom. The number of amides is 1. The van der Waals surface area contributed by atoms with Gasteiger partial charge in [-0.05, 0) is 47.4 Å². The zero-order chi connectivity index (χ0) is 16.9. The van der Waals surface area contributed by atoms with Gasteiger partial charge in [-0.25, -0.2) is 4.39 Å². The number of nitrogens with one attached hydrogen (secondary N) is 1. The third-order valence-electron chi connectivity index (χ3n) is 3.46. The van der Waals surface area contributed by atoms with Gasteiger partial charge in [0.1, 0.15) is 18.2 Å². The van der Waals surface area contributed by atoms with Crippen LogP contribution in [0, 0.1) is 5.82 Å².